The summed E-state index contributed by atoms with van der Waals surface area (Å²) in [5.41, 5.74) is 0. The van der Waals surface area contributed by atoms with Crippen LogP contribution in [0.15, 0.2) is 12.7 Å². The quantitative estimate of drug-likeness (QED) is 0.305. The Morgan fingerprint density at radius 3 is 2.13 bits per heavy atom. The second-order valence-electron chi connectivity index (χ2n) is 3.89. The van der Waals surface area contributed by atoms with Crippen LogP contribution in [0.3, 0.4) is 0 Å². The van der Waals surface area contributed by atoms with Crippen molar-refractivity contribution in [2.75, 3.05) is 6.61 Å². The Labute approximate surface area is 99.9 Å². The number of ether oxygens (including phenoxy) is 1. The topological polar surface area (TPSA) is 9.23 Å². The van der Waals surface area contributed by atoms with E-state index in [0.29, 0.717) is 5.05 Å². The molecule has 0 aliphatic rings. The summed E-state index contributed by atoms with van der Waals surface area (Å²) in [6, 6.07) is 0. The van der Waals surface area contributed by atoms with Gasteiger partial charge in [0.2, 0.25) is 0 Å². The summed E-state index contributed by atoms with van der Waals surface area (Å²) in [6.07, 6.45) is 12.3. The summed E-state index contributed by atoms with van der Waals surface area (Å²) in [4.78, 5) is 0. The molecular formula is C13H24OS. The van der Waals surface area contributed by atoms with E-state index in [9.17, 15) is 0 Å². The summed E-state index contributed by atoms with van der Waals surface area (Å²) in [5.74, 6) is 0. The third kappa shape index (κ3) is 13.6. The molecule has 0 saturated heterocycles. The molecule has 0 fully saturated rings. The monoisotopic (exact) mass is 228 g/mol. The molecule has 0 radical (unpaired) electrons. The largest absolute Gasteiger partial charge is 0.487 e. The highest BCUT2D eigenvalue weighted by Crippen LogP contribution is 2.08. The van der Waals surface area contributed by atoms with Gasteiger partial charge in [-0.05, 0) is 31.5 Å². The summed E-state index contributed by atoms with van der Waals surface area (Å²) >= 11 is 4.83. The van der Waals surface area contributed by atoms with E-state index >= 15 is 0 Å². The average Bonchev–Trinajstić information content (AvgIpc) is 2.20. The fraction of sp³-hybridized carbons (Fsp3) is 0.769. The number of hydrogen-bond acceptors (Lipinski definition) is 2. The van der Waals surface area contributed by atoms with Gasteiger partial charge in [-0.25, -0.2) is 0 Å². The zero-order chi connectivity index (χ0) is 11.4. The van der Waals surface area contributed by atoms with E-state index in [4.69, 9.17) is 17.0 Å². The lowest BCUT2D eigenvalue weighted by Crippen LogP contribution is -1.97. The van der Waals surface area contributed by atoms with E-state index in [1.807, 2.05) is 13.0 Å². The van der Waals surface area contributed by atoms with Crippen molar-refractivity contribution in [3.05, 3.63) is 12.7 Å². The summed E-state index contributed by atoms with van der Waals surface area (Å²) in [7, 11) is 0. The first-order valence-corrected chi connectivity index (χ1v) is 6.42. The predicted molar refractivity (Wildman–Crippen MR) is 71.4 cm³/mol. The lowest BCUT2D eigenvalue weighted by molar-refractivity contribution is 0.297. The van der Waals surface area contributed by atoms with Crippen molar-refractivity contribution in [3.8, 4) is 0 Å². The minimum absolute atomic E-state index is 0.666. The van der Waals surface area contributed by atoms with Crippen LogP contribution in [0.5, 0.6) is 0 Å². The Morgan fingerprint density at radius 1 is 1.07 bits per heavy atom. The van der Waals surface area contributed by atoms with Gasteiger partial charge in [0, 0.05) is 6.92 Å². The maximum absolute atomic E-state index is 5.22. The average molecular weight is 228 g/mol. The molecule has 0 aromatic rings. The fourth-order valence-corrected chi connectivity index (χ4v) is 1.57. The summed E-state index contributed by atoms with van der Waals surface area (Å²) < 4.78 is 5.22. The molecule has 0 amide bonds. The molecule has 0 aromatic heterocycles. The molecule has 0 aromatic carbocycles. The molecule has 0 aliphatic heterocycles. The van der Waals surface area contributed by atoms with Crippen LogP contribution < -0.4 is 0 Å². The number of allylic oxidation sites excluding steroid dienone is 1. The Hall–Kier alpha value is -0.370. The molecule has 0 unspecified atom stereocenters. The second-order valence-corrected chi connectivity index (χ2v) is 4.47. The van der Waals surface area contributed by atoms with E-state index in [2.05, 4.69) is 6.58 Å². The van der Waals surface area contributed by atoms with Gasteiger partial charge < -0.3 is 4.74 Å². The Bertz CT molecular complexity index is 166. The highest BCUT2D eigenvalue weighted by molar-refractivity contribution is 7.80. The van der Waals surface area contributed by atoms with Gasteiger partial charge in [0.1, 0.15) is 0 Å². The van der Waals surface area contributed by atoms with Gasteiger partial charge in [-0.2, -0.15) is 0 Å². The normalized spacial score (nSPS) is 9.93. The van der Waals surface area contributed by atoms with Crippen molar-refractivity contribution in [2.24, 2.45) is 0 Å². The molecule has 0 rings (SSSR count). The lowest BCUT2D eigenvalue weighted by atomic mass is 10.1. The van der Waals surface area contributed by atoms with E-state index in [1.54, 1.807) is 0 Å². The van der Waals surface area contributed by atoms with Gasteiger partial charge in [0.15, 0.2) is 5.05 Å². The number of unbranched alkanes of at least 4 members (excludes halogenated alkanes) is 7. The third-order valence-electron chi connectivity index (χ3n) is 2.36. The fourth-order valence-electron chi connectivity index (χ4n) is 1.49. The molecule has 0 N–H and O–H groups in total. The Morgan fingerprint density at radius 2 is 1.60 bits per heavy atom. The Balaban J connectivity index is 2.92. The number of rotatable bonds is 10. The molecule has 0 atom stereocenters. The van der Waals surface area contributed by atoms with Crippen molar-refractivity contribution in [2.45, 2.75) is 58.3 Å². The minimum Gasteiger partial charge on any atom is -0.487 e. The van der Waals surface area contributed by atoms with Crippen LogP contribution in [0.2, 0.25) is 0 Å². The van der Waals surface area contributed by atoms with Crippen LogP contribution in [-0.2, 0) is 4.74 Å². The SMILES string of the molecule is C=CCCCCCCCCCOC(C)=S. The molecule has 0 spiro atoms. The van der Waals surface area contributed by atoms with Gasteiger partial charge in [0.05, 0.1) is 6.61 Å². The standard InChI is InChI=1S/C13H24OS/c1-3-4-5-6-7-8-9-10-11-12-14-13(2)15/h3H,1,4-12H2,2H3. The molecule has 1 nitrogen and oxygen atoms in total. The first-order chi connectivity index (χ1) is 7.27. The third-order valence-corrected chi connectivity index (χ3v) is 2.48. The first kappa shape index (κ1) is 14.6. The first-order valence-electron chi connectivity index (χ1n) is 6.01. The van der Waals surface area contributed by atoms with E-state index in [-0.39, 0.29) is 0 Å². The van der Waals surface area contributed by atoms with Crippen LogP contribution in [0.1, 0.15) is 58.3 Å². The van der Waals surface area contributed by atoms with Crippen molar-refractivity contribution in [1.82, 2.24) is 0 Å². The van der Waals surface area contributed by atoms with Gasteiger partial charge in [0.25, 0.3) is 0 Å². The van der Waals surface area contributed by atoms with Crippen LogP contribution >= 0.6 is 12.2 Å². The highest BCUT2D eigenvalue weighted by atomic mass is 32.1. The molecule has 15 heavy (non-hydrogen) atoms. The summed E-state index contributed by atoms with van der Waals surface area (Å²) in [5, 5.41) is 0.666. The smallest absolute Gasteiger partial charge is 0.156 e. The zero-order valence-corrected chi connectivity index (χ0v) is 10.8. The zero-order valence-electron chi connectivity index (χ0n) is 9.96. The molecule has 0 heterocycles. The van der Waals surface area contributed by atoms with Crippen molar-refractivity contribution >= 4 is 17.3 Å². The van der Waals surface area contributed by atoms with Gasteiger partial charge in [-0.15, -0.1) is 6.58 Å². The maximum Gasteiger partial charge on any atom is 0.156 e. The Kier molecular flexibility index (Phi) is 11.4. The number of hydrogen-bond donors (Lipinski definition) is 0. The minimum atomic E-state index is 0.666. The molecule has 88 valence electrons. The van der Waals surface area contributed by atoms with Crippen LogP contribution in [-0.4, -0.2) is 11.7 Å². The second kappa shape index (κ2) is 11.7. The molecule has 0 aliphatic carbocycles. The van der Waals surface area contributed by atoms with E-state index in [0.717, 1.165) is 13.0 Å². The van der Waals surface area contributed by atoms with Gasteiger partial charge >= 0.3 is 0 Å². The van der Waals surface area contributed by atoms with Crippen molar-refractivity contribution in [3.63, 3.8) is 0 Å². The molecule has 0 saturated carbocycles. The molecule has 2 heteroatoms. The molecule has 0 bridgehead atoms. The van der Waals surface area contributed by atoms with Gasteiger partial charge in [-0.3, -0.25) is 0 Å². The predicted octanol–water partition coefficient (Wildman–Crippen LogP) is 4.66. The van der Waals surface area contributed by atoms with Crippen molar-refractivity contribution in [1.29, 1.82) is 0 Å². The van der Waals surface area contributed by atoms with Crippen LogP contribution in [0.25, 0.3) is 0 Å². The lowest BCUT2D eigenvalue weighted by Gasteiger charge is -2.03. The maximum atomic E-state index is 5.22. The highest BCUT2D eigenvalue weighted by Gasteiger charge is 1.92. The van der Waals surface area contributed by atoms with Crippen LogP contribution in [0.4, 0.5) is 0 Å². The summed E-state index contributed by atoms with van der Waals surface area (Å²) in [6.45, 7) is 6.34. The van der Waals surface area contributed by atoms with E-state index < -0.39 is 0 Å². The number of thiocarbonyl (C=S) groups is 1. The van der Waals surface area contributed by atoms with Crippen molar-refractivity contribution < 1.29 is 4.74 Å². The van der Waals surface area contributed by atoms with Gasteiger partial charge in [-0.1, -0.05) is 38.2 Å². The van der Waals surface area contributed by atoms with Crippen LogP contribution in [0, 0.1) is 0 Å². The molecular weight excluding hydrogens is 204 g/mol. The van der Waals surface area contributed by atoms with E-state index in [1.165, 1.54) is 44.9 Å².